The van der Waals surface area contributed by atoms with Crippen molar-refractivity contribution in [2.45, 2.75) is 50.8 Å². The summed E-state index contributed by atoms with van der Waals surface area (Å²) in [5.74, 6) is -0.132. The van der Waals surface area contributed by atoms with Crippen LogP contribution in [0.1, 0.15) is 18.1 Å². The molecule has 28 heavy (non-hydrogen) atoms. The maximum atomic E-state index is 11.9. The van der Waals surface area contributed by atoms with Gasteiger partial charge in [-0.1, -0.05) is 60.7 Å². The molecule has 0 saturated carbocycles. The van der Waals surface area contributed by atoms with E-state index >= 15 is 0 Å². The largest absolute Gasteiger partial charge is 0.368 e. The van der Waals surface area contributed by atoms with Crippen molar-refractivity contribution in [3.8, 4) is 0 Å². The zero-order chi connectivity index (χ0) is 19.3. The Morgan fingerprint density at radius 3 is 2.11 bits per heavy atom. The zero-order valence-electron chi connectivity index (χ0n) is 15.8. The van der Waals surface area contributed by atoms with Gasteiger partial charge in [0.25, 0.3) is 0 Å². The van der Waals surface area contributed by atoms with E-state index in [2.05, 4.69) is 5.32 Å². The third kappa shape index (κ3) is 4.42. The van der Waals surface area contributed by atoms with Crippen LogP contribution in [0.4, 0.5) is 0 Å². The fraction of sp³-hybridized carbons (Fsp3) is 0.409. The zero-order valence-corrected chi connectivity index (χ0v) is 15.8. The van der Waals surface area contributed by atoms with Crippen molar-refractivity contribution >= 4 is 5.91 Å². The van der Waals surface area contributed by atoms with Gasteiger partial charge >= 0.3 is 0 Å². The van der Waals surface area contributed by atoms with Gasteiger partial charge in [-0.05, 0) is 11.1 Å². The number of carbonyl (C=O) groups excluding carboxylic acids is 1. The molecule has 6 nitrogen and oxygen atoms in total. The molecule has 2 saturated heterocycles. The van der Waals surface area contributed by atoms with E-state index in [4.69, 9.17) is 18.9 Å². The minimum absolute atomic E-state index is 0.132. The first kappa shape index (κ1) is 19.1. The molecule has 1 N–H and O–H groups in total. The van der Waals surface area contributed by atoms with Gasteiger partial charge in [-0.3, -0.25) is 4.79 Å². The van der Waals surface area contributed by atoms with Crippen LogP contribution in [0.5, 0.6) is 0 Å². The van der Waals surface area contributed by atoms with Gasteiger partial charge in [-0.15, -0.1) is 0 Å². The SMILES string of the molecule is CC(=O)N[C@@H]1[C@@H](OCc2ccccc2)[C@@H]2OC[C@@H](O2)[C@H]1OCc1ccccc1. The molecule has 0 unspecified atom stereocenters. The number of nitrogens with one attached hydrogen (secondary N) is 1. The van der Waals surface area contributed by atoms with E-state index in [1.807, 2.05) is 60.7 Å². The lowest BCUT2D eigenvalue weighted by Gasteiger charge is -2.40. The summed E-state index contributed by atoms with van der Waals surface area (Å²) < 4.78 is 24.1. The lowest BCUT2D eigenvalue weighted by Crippen LogP contribution is -2.62. The van der Waals surface area contributed by atoms with E-state index in [1.165, 1.54) is 6.92 Å². The quantitative estimate of drug-likeness (QED) is 0.795. The van der Waals surface area contributed by atoms with Gasteiger partial charge in [0.2, 0.25) is 5.91 Å². The van der Waals surface area contributed by atoms with Crippen molar-refractivity contribution in [2.24, 2.45) is 0 Å². The molecule has 2 aromatic rings. The van der Waals surface area contributed by atoms with Gasteiger partial charge in [0, 0.05) is 6.92 Å². The van der Waals surface area contributed by atoms with Crippen LogP contribution >= 0.6 is 0 Å². The Labute approximate surface area is 164 Å². The molecule has 1 amide bonds. The van der Waals surface area contributed by atoms with Crippen LogP contribution in [0.2, 0.25) is 0 Å². The van der Waals surface area contributed by atoms with E-state index < -0.39 is 12.4 Å². The van der Waals surface area contributed by atoms with E-state index in [0.29, 0.717) is 19.8 Å². The van der Waals surface area contributed by atoms with Crippen molar-refractivity contribution < 1.29 is 23.7 Å². The average Bonchev–Trinajstić information content (AvgIpc) is 3.14. The molecule has 2 fully saturated rings. The highest BCUT2D eigenvalue weighted by molar-refractivity contribution is 5.73. The molecule has 2 bridgehead atoms. The molecular formula is C22H25NO5. The second-order valence-electron chi connectivity index (χ2n) is 7.13. The first-order valence-electron chi connectivity index (χ1n) is 9.56. The predicted molar refractivity (Wildman–Crippen MR) is 102 cm³/mol. The number of ether oxygens (including phenoxy) is 4. The lowest BCUT2D eigenvalue weighted by molar-refractivity contribution is -0.224. The first-order chi connectivity index (χ1) is 13.7. The summed E-state index contributed by atoms with van der Waals surface area (Å²) in [5.41, 5.74) is 2.11. The van der Waals surface area contributed by atoms with E-state index in [0.717, 1.165) is 11.1 Å². The highest BCUT2D eigenvalue weighted by Gasteiger charge is 2.52. The molecule has 2 aliphatic heterocycles. The Morgan fingerprint density at radius 1 is 0.964 bits per heavy atom. The molecule has 6 heteroatoms. The number of rotatable bonds is 7. The number of hydrogen-bond donors (Lipinski definition) is 1. The topological polar surface area (TPSA) is 66.0 Å². The number of benzene rings is 2. The Balaban J connectivity index is 1.49. The van der Waals surface area contributed by atoms with Crippen molar-refractivity contribution in [3.63, 3.8) is 0 Å². The summed E-state index contributed by atoms with van der Waals surface area (Å²) in [6.07, 6.45) is -1.56. The molecule has 0 aliphatic carbocycles. The van der Waals surface area contributed by atoms with Gasteiger partial charge in [-0.25, -0.2) is 0 Å². The predicted octanol–water partition coefficient (Wildman–Crippen LogP) is 2.42. The molecule has 2 aromatic carbocycles. The fourth-order valence-corrected chi connectivity index (χ4v) is 3.70. The van der Waals surface area contributed by atoms with Crippen LogP contribution < -0.4 is 5.32 Å². The second-order valence-corrected chi connectivity index (χ2v) is 7.13. The van der Waals surface area contributed by atoms with Crippen LogP contribution in [0.3, 0.4) is 0 Å². The summed E-state index contributed by atoms with van der Waals surface area (Å²) >= 11 is 0. The highest BCUT2D eigenvalue weighted by Crippen LogP contribution is 2.33. The van der Waals surface area contributed by atoms with Crippen molar-refractivity contribution in [2.75, 3.05) is 6.61 Å². The molecular weight excluding hydrogens is 358 g/mol. The van der Waals surface area contributed by atoms with Gasteiger partial charge < -0.3 is 24.3 Å². The van der Waals surface area contributed by atoms with Gasteiger partial charge in [0.15, 0.2) is 6.29 Å². The number of amides is 1. The molecule has 2 heterocycles. The molecule has 0 radical (unpaired) electrons. The van der Waals surface area contributed by atoms with Gasteiger partial charge in [0.1, 0.15) is 18.3 Å². The summed E-state index contributed by atoms with van der Waals surface area (Å²) in [6, 6.07) is 19.5. The molecule has 2 aliphatic rings. The summed E-state index contributed by atoms with van der Waals surface area (Å²) in [7, 11) is 0. The molecule has 0 aromatic heterocycles. The van der Waals surface area contributed by atoms with Crippen LogP contribution in [-0.4, -0.2) is 43.2 Å². The van der Waals surface area contributed by atoms with Crippen molar-refractivity contribution in [3.05, 3.63) is 71.8 Å². The molecule has 4 rings (SSSR count). The maximum Gasteiger partial charge on any atom is 0.217 e. The third-order valence-corrected chi connectivity index (χ3v) is 5.02. The Bertz CT molecular complexity index is 712. The Kier molecular flexibility index (Phi) is 6.02. The minimum Gasteiger partial charge on any atom is -0.368 e. The van der Waals surface area contributed by atoms with Crippen LogP contribution in [0, 0.1) is 0 Å². The fourth-order valence-electron chi connectivity index (χ4n) is 3.70. The van der Waals surface area contributed by atoms with Crippen LogP contribution in [-0.2, 0) is 37.0 Å². The normalized spacial score (nSPS) is 28.8. The van der Waals surface area contributed by atoms with E-state index in [-0.39, 0.29) is 24.2 Å². The molecule has 148 valence electrons. The van der Waals surface area contributed by atoms with E-state index in [9.17, 15) is 4.79 Å². The number of carbonyl (C=O) groups is 1. The molecule has 5 atom stereocenters. The molecule has 0 spiro atoms. The number of fused-ring (bicyclic) bond motifs is 2. The Morgan fingerprint density at radius 2 is 1.54 bits per heavy atom. The van der Waals surface area contributed by atoms with Crippen LogP contribution in [0.25, 0.3) is 0 Å². The average molecular weight is 383 g/mol. The summed E-state index contributed by atoms with van der Waals surface area (Å²) in [5, 5.41) is 3.01. The van der Waals surface area contributed by atoms with Crippen molar-refractivity contribution in [1.82, 2.24) is 5.32 Å². The van der Waals surface area contributed by atoms with Gasteiger partial charge in [0.05, 0.1) is 25.9 Å². The monoisotopic (exact) mass is 383 g/mol. The van der Waals surface area contributed by atoms with Crippen molar-refractivity contribution in [1.29, 1.82) is 0 Å². The second kappa shape index (κ2) is 8.84. The highest BCUT2D eigenvalue weighted by atomic mass is 16.8. The van der Waals surface area contributed by atoms with Gasteiger partial charge in [-0.2, -0.15) is 0 Å². The lowest BCUT2D eigenvalue weighted by atomic mass is 9.97. The summed E-state index contributed by atoms with van der Waals surface area (Å²) in [4.78, 5) is 11.9. The maximum absolute atomic E-state index is 11.9. The smallest absolute Gasteiger partial charge is 0.217 e. The summed E-state index contributed by atoms with van der Waals surface area (Å²) in [6.45, 7) is 2.75. The third-order valence-electron chi connectivity index (χ3n) is 5.02. The Hall–Kier alpha value is -2.25. The minimum atomic E-state index is -0.512. The number of hydrogen-bond acceptors (Lipinski definition) is 5. The van der Waals surface area contributed by atoms with E-state index in [1.54, 1.807) is 0 Å². The first-order valence-corrected chi connectivity index (χ1v) is 9.56. The van der Waals surface area contributed by atoms with Crippen LogP contribution in [0.15, 0.2) is 60.7 Å². The standard InChI is InChI=1S/C22H25NO5/c1-15(24)23-19-20(25-12-16-8-4-2-5-9-16)18-14-27-22(28-18)21(19)26-13-17-10-6-3-7-11-17/h2-11,18-22H,12-14H2,1H3,(H,23,24)/t18-,19+,20-,21-,22-/m1/s1.